The maximum absolute atomic E-state index is 4.02. The van der Waals surface area contributed by atoms with Gasteiger partial charge in [0.25, 0.3) is 0 Å². The molecule has 0 aromatic carbocycles. The van der Waals surface area contributed by atoms with Crippen molar-refractivity contribution in [2.75, 3.05) is 0 Å². The molecule has 1 heterocycles. The summed E-state index contributed by atoms with van der Waals surface area (Å²) in [6.45, 7) is 5.45. The van der Waals surface area contributed by atoms with Crippen molar-refractivity contribution in [3.63, 3.8) is 0 Å². The fourth-order valence-corrected chi connectivity index (χ4v) is 0.597. The van der Waals surface area contributed by atoms with Gasteiger partial charge in [-0.25, -0.2) is 4.99 Å². The van der Waals surface area contributed by atoms with Crippen LogP contribution in [-0.4, -0.2) is 16.4 Å². The summed E-state index contributed by atoms with van der Waals surface area (Å²) in [7, 11) is 0. The molecule has 0 bridgehead atoms. The van der Waals surface area contributed by atoms with Gasteiger partial charge in [-0.15, -0.1) is 0 Å². The van der Waals surface area contributed by atoms with Gasteiger partial charge in [0.15, 0.2) is 5.82 Å². The number of aromatic amines is 1. The molecule has 52 valence electrons. The Hall–Kier alpha value is -1.38. The first kappa shape index (κ1) is 6.74. The second-order valence-corrected chi connectivity index (χ2v) is 1.92. The minimum absolute atomic E-state index is 0.792. The highest BCUT2D eigenvalue weighted by molar-refractivity contribution is 5.73. The van der Waals surface area contributed by atoms with E-state index in [-0.39, 0.29) is 0 Å². The van der Waals surface area contributed by atoms with Crippen LogP contribution in [0.5, 0.6) is 0 Å². The predicted molar refractivity (Wildman–Crippen MR) is 41.7 cm³/mol. The van der Waals surface area contributed by atoms with E-state index in [0.29, 0.717) is 0 Å². The van der Waals surface area contributed by atoms with Crippen LogP contribution in [-0.2, 0) is 0 Å². The van der Waals surface area contributed by atoms with Crippen LogP contribution in [0.25, 0.3) is 0 Å². The molecule has 3 nitrogen and oxygen atoms in total. The van der Waals surface area contributed by atoms with E-state index in [2.05, 4.69) is 21.8 Å². The number of H-pyrrole nitrogens is 1. The summed E-state index contributed by atoms with van der Waals surface area (Å²) in [5.41, 5.74) is 1.04. The second-order valence-electron chi connectivity index (χ2n) is 1.92. The van der Waals surface area contributed by atoms with Crippen molar-refractivity contribution in [3.8, 4) is 0 Å². The van der Waals surface area contributed by atoms with E-state index in [1.54, 1.807) is 18.5 Å². The molecule has 0 aliphatic heterocycles. The molecule has 1 aromatic heterocycles. The highest BCUT2D eigenvalue weighted by Crippen LogP contribution is 2.10. The van der Waals surface area contributed by atoms with Crippen LogP contribution in [0.3, 0.4) is 0 Å². The van der Waals surface area contributed by atoms with Crippen LogP contribution >= 0.6 is 0 Å². The zero-order chi connectivity index (χ0) is 7.40. The van der Waals surface area contributed by atoms with Gasteiger partial charge < -0.3 is 0 Å². The molecule has 0 radical (unpaired) electrons. The molecule has 0 spiro atoms. The first-order valence-corrected chi connectivity index (χ1v) is 2.99. The van der Waals surface area contributed by atoms with Crippen molar-refractivity contribution in [2.24, 2.45) is 4.99 Å². The maximum Gasteiger partial charge on any atom is 0.150 e. The van der Waals surface area contributed by atoms with Crippen LogP contribution in [0.2, 0.25) is 0 Å². The van der Waals surface area contributed by atoms with Gasteiger partial charge in [-0.3, -0.25) is 5.10 Å². The first-order chi connectivity index (χ1) is 4.84. The Morgan fingerprint density at radius 3 is 3.10 bits per heavy atom. The summed E-state index contributed by atoms with van der Waals surface area (Å²) in [4.78, 5) is 4.02. The summed E-state index contributed by atoms with van der Waals surface area (Å²) < 4.78 is 0. The van der Waals surface area contributed by atoms with E-state index < -0.39 is 0 Å². The topological polar surface area (TPSA) is 41.0 Å². The second kappa shape index (κ2) is 2.96. The highest BCUT2D eigenvalue weighted by Gasteiger charge is 1.93. The van der Waals surface area contributed by atoms with Gasteiger partial charge in [0.05, 0.1) is 6.20 Å². The third-order valence-corrected chi connectivity index (χ3v) is 1.11. The number of nitrogens with one attached hydrogen (secondary N) is 1. The van der Waals surface area contributed by atoms with Crippen molar-refractivity contribution in [1.82, 2.24) is 10.2 Å². The molecule has 0 aliphatic rings. The highest BCUT2D eigenvalue weighted by atomic mass is 15.2. The Balaban J connectivity index is 2.83. The van der Waals surface area contributed by atoms with E-state index in [1.807, 2.05) is 6.92 Å². The van der Waals surface area contributed by atoms with Crippen LogP contribution in [0.4, 0.5) is 5.82 Å². The summed E-state index contributed by atoms with van der Waals surface area (Å²) >= 11 is 0. The van der Waals surface area contributed by atoms with Crippen LogP contribution in [0, 0.1) is 6.92 Å². The van der Waals surface area contributed by atoms with Crippen molar-refractivity contribution in [3.05, 3.63) is 24.4 Å². The Kier molecular flexibility index (Phi) is 1.99. The number of allylic oxidation sites excluding steroid dienone is 1. The molecular weight excluding hydrogens is 126 g/mol. The minimum Gasteiger partial charge on any atom is -0.261 e. The Morgan fingerprint density at radius 1 is 1.80 bits per heavy atom. The van der Waals surface area contributed by atoms with Gasteiger partial charge >= 0.3 is 0 Å². The molecule has 0 saturated carbocycles. The van der Waals surface area contributed by atoms with Gasteiger partial charge in [0.2, 0.25) is 0 Å². The molecule has 1 N–H and O–H groups in total. The Morgan fingerprint density at radius 2 is 2.60 bits per heavy atom. The quantitative estimate of drug-likeness (QED) is 0.615. The predicted octanol–water partition coefficient (Wildman–Crippen LogP) is 1.61. The fraction of sp³-hybridized carbons (Fsp3) is 0.143. The zero-order valence-corrected chi connectivity index (χ0v) is 5.83. The first-order valence-electron chi connectivity index (χ1n) is 2.99. The molecule has 0 atom stereocenters. The maximum atomic E-state index is 4.02. The van der Waals surface area contributed by atoms with Gasteiger partial charge in [-0.1, -0.05) is 12.7 Å². The summed E-state index contributed by atoms with van der Waals surface area (Å²) in [6, 6.07) is 0. The van der Waals surface area contributed by atoms with Crippen LogP contribution in [0.15, 0.2) is 23.8 Å². The largest absolute Gasteiger partial charge is 0.261 e. The van der Waals surface area contributed by atoms with Crippen molar-refractivity contribution >= 4 is 12.0 Å². The number of nitrogens with zero attached hydrogens (tertiary/aromatic N) is 2. The van der Waals surface area contributed by atoms with E-state index in [4.69, 9.17) is 0 Å². The van der Waals surface area contributed by atoms with Crippen LogP contribution < -0.4 is 0 Å². The van der Waals surface area contributed by atoms with E-state index in [0.717, 1.165) is 11.4 Å². The minimum atomic E-state index is 0.792. The fourth-order valence-electron chi connectivity index (χ4n) is 0.597. The molecule has 10 heavy (non-hydrogen) atoms. The molecule has 0 fully saturated rings. The third-order valence-electron chi connectivity index (χ3n) is 1.11. The number of hydrogen-bond acceptors (Lipinski definition) is 2. The molecule has 0 unspecified atom stereocenters. The van der Waals surface area contributed by atoms with Crippen molar-refractivity contribution < 1.29 is 0 Å². The Labute approximate surface area is 59.5 Å². The average Bonchev–Trinajstić information content (AvgIpc) is 2.31. The number of aliphatic imine (C=N–C) groups is 1. The molecule has 1 rings (SSSR count). The van der Waals surface area contributed by atoms with Gasteiger partial charge in [-0.2, -0.15) is 5.10 Å². The van der Waals surface area contributed by atoms with Crippen molar-refractivity contribution in [2.45, 2.75) is 6.92 Å². The smallest absolute Gasteiger partial charge is 0.150 e. The molecule has 0 aliphatic carbocycles. The normalized spacial score (nSPS) is 10.5. The lowest BCUT2D eigenvalue weighted by Gasteiger charge is -1.84. The number of rotatable bonds is 2. The monoisotopic (exact) mass is 135 g/mol. The lowest BCUT2D eigenvalue weighted by Crippen LogP contribution is -1.68. The number of hydrogen-bond donors (Lipinski definition) is 1. The van der Waals surface area contributed by atoms with E-state index in [1.165, 1.54) is 0 Å². The molecule has 1 aromatic rings. The standard InChI is InChI=1S/C7H9N3/c1-3-4-8-7-6(2)5-9-10-7/h3-5H,1H2,2H3,(H,9,10). The van der Waals surface area contributed by atoms with E-state index in [9.17, 15) is 0 Å². The summed E-state index contributed by atoms with van der Waals surface area (Å²) in [5, 5.41) is 6.55. The lowest BCUT2D eigenvalue weighted by molar-refractivity contribution is 1.08. The van der Waals surface area contributed by atoms with Crippen molar-refractivity contribution in [1.29, 1.82) is 0 Å². The molecule has 0 amide bonds. The molecule has 0 saturated heterocycles. The number of aryl methyl sites for hydroxylation is 1. The van der Waals surface area contributed by atoms with Gasteiger partial charge in [0, 0.05) is 11.8 Å². The number of aromatic nitrogens is 2. The van der Waals surface area contributed by atoms with Gasteiger partial charge in [-0.05, 0) is 6.92 Å². The summed E-state index contributed by atoms with van der Waals surface area (Å²) in [5.74, 6) is 0.792. The average molecular weight is 135 g/mol. The molecular formula is C7H9N3. The van der Waals surface area contributed by atoms with Crippen LogP contribution in [0.1, 0.15) is 5.56 Å². The summed E-state index contributed by atoms with van der Waals surface area (Å²) in [6.07, 6.45) is 4.98. The Bertz CT molecular complexity index is 247. The van der Waals surface area contributed by atoms with E-state index >= 15 is 0 Å². The molecule has 3 heteroatoms. The SMILES string of the molecule is C=CC=Nc1[nH]ncc1C. The van der Waals surface area contributed by atoms with Gasteiger partial charge in [0.1, 0.15) is 0 Å². The third kappa shape index (κ3) is 1.31. The zero-order valence-electron chi connectivity index (χ0n) is 5.83. The lowest BCUT2D eigenvalue weighted by atomic mass is 10.4.